The molecule has 3 aromatic rings. The lowest BCUT2D eigenvalue weighted by Gasteiger charge is -2.14. The highest BCUT2D eigenvalue weighted by molar-refractivity contribution is 7.98. The molecule has 0 atom stereocenters. The lowest BCUT2D eigenvalue weighted by Crippen LogP contribution is -2.31. The van der Waals surface area contributed by atoms with Gasteiger partial charge in [0.2, 0.25) is 5.89 Å². The van der Waals surface area contributed by atoms with Gasteiger partial charge in [0.25, 0.3) is 0 Å². The lowest BCUT2D eigenvalue weighted by atomic mass is 10.2. The number of amides is 2. The number of carbonyl (C=O) groups is 1. The van der Waals surface area contributed by atoms with Crippen LogP contribution in [-0.4, -0.2) is 54.5 Å². The molecule has 0 unspecified atom stereocenters. The first-order valence-electron chi connectivity index (χ1n) is 11.8. The molecule has 1 fully saturated rings. The summed E-state index contributed by atoms with van der Waals surface area (Å²) >= 11 is 1.72. The fourth-order valence-electron chi connectivity index (χ4n) is 3.81. The molecule has 2 N–H and O–H groups in total. The van der Waals surface area contributed by atoms with Gasteiger partial charge in [-0.25, -0.2) is 9.78 Å². The number of hydrogen-bond acceptors (Lipinski definition) is 6. The van der Waals surface area contributed by atoms with Crippen molar-refractivity contribution in [3.8, 4) is 17.1 Å². The van der Waals surface area contributed by atoms with Crippen molar-refractivity contribution in [2.24, 2.45) is 0 Å². The van der Waals surface area contributed by atoms with Gasteiger partial charge in [-0.2, -0.15) is 0 Å². The van der Waals surface area contributed by atoms with Gasteiger partial charge in [-0.15, -0.1) is 11.8 Å². The highest BCUT2D eigenvalue weighted by Crippen LogP contribution is 2.24. The number of carbonyl (C=O) groups excluding carboxylic acids is 1. The van der Waals surface area contributed by atoms with Crippen molar-refractivity contribution in [2.75, 3.05) is 43.9 Å². The van der Waals surface area contributed by atoms with Crippen molar-refractivity contribution in [1.29, 1.82) is 0 Å². The van der Waals surface area contributed by atoms with E-state index >= 15 is 0 Å². The summed E-state index contributed by atoms with van der Waals surface area (Å²) in [6.45, 7) is 4.75. The molecule has 0 saturated carbocycles. The fourth-order valence-corrected chi connectivity index (χ4v) is 4.46. The third-order valence-electron chi connectivity index (χ3n) is 5.58. The zero-order chi connectivity index (χ0) is 23.4. The Labute approximate surface area is 205 Å². The van der Waals surface area contributed by atoms with Crippen molar-refractivity contribution >= 4 is 23.5 Å². The summed E-state index contributed by atoms with van der Waals surface area (Å²) < 4.78 is 11.6. The Hall–Kier alpha value is -2.97. The summed E-state index contributed by atoms with van der Waals surface area (Å²) in [5.74, 6) is 3.84. The summed E-state index contributed by atoms with van der Waals surface area (Å²) in [4.78, 5) is 18.9. The molecule has 0 spiro atoms. The Bertz CT molecular complexity index is 1000. The van der Waals surface area contributed by atoms with Gasteiger partial charge < -0.3 is 24.7 Å². The minimum absolute atomic E-state index is 0.176. The van der Waals surface area contributed by atoms with Crippen LogP contribution in [0.25, 0.3) is 11.3 Å². The van der Waals surface area contributed by atoms with Crippen LogP contribution >= 0.6 is 11.8 Å². The number of oxazole rings is 1. The van der Waals surface area contributed by atoms with E-state index in [0.29, 0.717) is 30.6 Å². The number of nitrogens with one attached hydrogen (secondary N) is 2. The molecule has 1 aliphatic heterocycles. The van der Waals surface area contributed by atoms with Gasteiger partial charge in [0.05, 0.1) is 18.6 Å². The first kappa shape index (κ1) is 24.2. The molecule has 1 aromatic heterocycles. The molecule has 2 amide bonds. The van der Waals surface area contributed by atoms with Crippen molar-refractivity contribution in [1.82, 2.24) is 15.2 Å². The van der Waals surface area contributed by atoms with E-state index in [9.17, 15) is 4.79 Å². The second kappa shape index (κ2) is 13.1. The van der Waals surface area contributed by atoms with E-state index < -0.39 is 0 Å². The SMILES string of the molecule is O=C(NCCCN1CCCC1)Nc1ccc(-c2cnc(CSCCOc3ccccc3)o2)cc1. The lowest BCUT2D eigenvalue weighted by molar-refractivity contribution is 0.251. The van der Waals surface area contributed by atoms with Crippen LogP contribution in [0, 0.1) is 0 Å². The Morgan fingerprint density at radius 2 is 1.88 bits per heavy atom. The largest absolute Gasteiger partial charge is 0.493 e. The van der Waals surface area contributed by atoms with E-state index in [4.69, 9.17) is 9.15 Å². The van der Waals surface area contributed by atoms with E-state index in [0.717, 1.165) is 35.7 Å². The number of hydrogen-bond donors (Lipinski definition) is 2. The average molecular weight is 481 g/mol. The second-order valence-corrected chi connectivity index (χ2v) is 9.30. The number of para-hydroxylation sites is 1. The number of thioether (sulfide) groups is 1. The number of ether oxygens (including phenoxy) is 1. The molecule has 2 aromatic carbocycles. The molecule has 1 saturated heterocycles. The smallest absolute Gasteiger partial charge is 0.319 e. The van der Waals surface area contributed by atoms with E-state index in [2.05, 4.69) is 20.5 Å². The molecular weight excluding hydrogens is 448 g/mol. The van der Waals surface area contributed by atoms with Crippen molar-refractivity contribution in [3.63, 3.8) is 0 Å². The van der Waals surface area contributed by atoms with Crippen LogP contribution in [0.1, 0.15) is 25.2 Å². The predicted molar refractivity (Wildman–Crippen MR) is 137 cm³/mol. The van der Waals surface area contributed by atoms with Crippen LogP contribution in [0.5, 0.6) is 5.75 Å². The Morgan fingerprint density at radius 1 is 1.09 bits per heavy atom. The molecular formula is C26H32N4O3S. The number of nitrogens with zero attached hydrogens (tertiary/aromatic N) is 2. The third kappa shape index (κ3) is 7.81. The second-order valence-electron chi connectivity index (χ2n) is 8.19. The highest BCUT2D eigenvalue weighted by Gasteiger charge is 2.11. The maximum absolute atomic E-state index is 12.1. The summed E-state index contributed by atoms with van der Waals surface area (Å²) in [5.41, 5.74) is 1.67. The van der Waals surface area contributed by atoms with E-state index in [-0.39, 0.29) is 6.03 Å². The van der Waals surface area contributed by atoms with Gasteiger partial charge in [0.1, 0.15) is 5.75 Å². The van der Waals surface area contributed by atoms with Crippen LogP contribution in [0.15, 0.2) is 65.2 Å². The van der Waals surface area contributed by atoms with Crippen LogP contribution in [0.2, 0.25) is 0 Å². The molecule has 2 heterocycles. The molecule has 0 aliphatic carbocycles. The first-order chi connectivity index (χ1) is 16.8. The van der Waals surface area contributed by atoms with E-state index in [1.165, 1.54) is 25.9 Å². The van der Waals surface area contributed by atoms with Crippen LogP contribution < -0.4 is 15.4 Å². The van der Waals surface area contributed by atoms with Crippen LogP contribution in [0.4, 0.5) is 10.5 Å². The number of aromatic nitrogens is 1. The third-order valence-corrected chi connectivity index (χ3v) is 6.49. The zero-order valence-electron chi connectivity index (χ0n) is 19.4. The topological polar surface area (TPSA) is 79.6 Å². The number of likely N-dealkylation sites (tertiary alicyclic amines) is 1. The van der Waals surface area contributed by atoms with E-state index in [1.54, 1.807) is 18.0 Å². The average Bonchev–Trinajstić information content (AvgIpc) is 3.55. The van der Waals surface area contributed by atoms with Gasteiger partial charge in [-0.1, -0.05) is 18.2 Å². The Morgan fingerprint density at radius 3 is 2.68 bits per heavy atom. The van der Waals surface area contributed by atoms with Crippen molar-refractivity contribution < 1.29 is 13.9 Å². The van der Waals surface area contributed by atoms with E-state index in [1.807, 2.05) is 54.6 Å². The monoisotopic (exact) mass is 480 g/mol. The minimum Gasteiger partial charge on any atom is -0.493 e. The van der Waals surface area contributed by atoms with Gasteiger partial charge in [0, 0.05) is 23.5 Å². The zero-order valence-corrected chi connectivity index (χ0v) is 20.2. The maximum Gasteiger partial charge on any atom is 0.319 e. The summed E-state index contributed by atoms with van der Waals surface area (Å²) in [5, 5.41) is 5.81. The Kier molecular flexibility index (Phi) is 9.28. The fraction of sp³-hybridized carbons (Fsp3) is 0.385. The van der Waals surface area contributed by atoms with Crippen molar-refractivity contribution in [3.05, 3.63) is 66.7 Å². The minimum atomic E-state index is -0.176. The summed E-state index contributed by atoms with van der Waals surface area (Å²) in [6.07, 6.45) is 5.30. The molecule has 180 valence electrons. The van der Waals surface area contributed by atoms with Gasteiger partial charge in [-0.05, 0) is 75.3 Å². The highest BCUT2D eigenvalue weighted by atomic mass is 32.2. The van der Waals surface area contributed by atoms with Gasteiger partial charge in [-0.3, -0.25) is 0 Å². The molecule has 1 aliphatic rings. The molecule has 7 nitrogen and oxygen atoms in total. The number of benzene rings is 2. The molecule has 34 heavy (non-hydrogen) atoms. The summed E-state index contributed by atoms with van der Waals surface area (Å²) in [6, 6.07) is 17.2. The standard InChI is InChI=1S/C26H32N4O3S/c31-26(27-13-6-16-30-14-4-5-15-30)29-22-11-9-21(10-12-22)24-19-28-25(33-24)20-34-18-17-32-23-7-2-1-3-8-23/h1-3,7-12,19H,4-6,13-18,20H2,(H2,27,29,31). The van der Waals surface area contributed by atoms with Gasteiger partial charge in [0.15, 0.2) is 5.76 Å². The molecule has 0 bridgehead atoms. The Balaban J connectivity index is 1.14. The number of anilines is 1. The number of urea groups is 1. The van der Waals surface area contributed by atoms with Crippen molar-refractivity contribution in [2.45, 2.75) is 25.0 Å². The maximum atomic E-state index is 12.1. The quantitative estimate of drug-likeness (QED) is 0.344. The van der Waals surface area contributed by atoms with Crippen LogP contribution in [-0.2, 0) is 5.75 Å². The summed E-state index contributed by atoms with van der Waals surface area (Å²) in [7, 11) is 0. The first-order valence-corrected chi connectivity index (χ1v) is 13.0. The van der Waals surface area contributed by atoms with Crippen LogP contribution in [0.3, 0.4) is 0 Å². The molecule has 0 radical (unpaired) electrons. The molecule has 8 heteroatoms. The normalized spacial score (nSPS) is 13.6. The predicted octanol–water partition coefficient (Wildman–Crippen LogP) is 5.26. The molecule has 4 rings (SSSR count). The number of rotatable bonds is 12. The van der Waals surface area contributed by atoms with Gasteiger partial charge >= 0.3 is 6.03 Å².